The van der Waals surface area contributed by atoms with Gasteiger partial charge >= 0.3 is 11.9 Å². The lowest BCUT2D eigenvalue weighted by atomic mass is 9.91. The molecular formula is C16H26O6. The fraction of sp³-hybridized carbons (Fsp3) is 0.750. The van der Waals surface area contributed by atoms with Crippen molar-refractivity contribution in [3.63, 3.8) is 0 Å². The summed E-state index contributed by atoms with van der Waals surface area (Å²) in [6, 6.07) is 0. The zero-order valence-corrected chi connectivity index (χ0v) is 13.8. The first-order valence-corrected chi connectivity index (χ1v) is 7.49. The molecule has 0 aliphatic carbocycles. The number of rotatable bonds is 7. The Morgan fingerprint density at radius 3 is 1.95 bits per heavy atom. The third-order valence-corrected chi connectivity index (χ3v) is 3.39. The van der Waals surface area contributed by atoms with Crippen LogP contribution < -0.4 is 0 Å². The molecule has 2 aliphatic heterocycles. The molecule has 2 atom stereocenters. The number of carbonyl (C=O) groups is 2. The Morgan fingerprint density at radius 1 is 1.14 bits per heavy atom. The molecule has 2 unspecified atom stereocenters. The molecule has 2 fully saturated rings. The summed E-state index contributed by atoms with van der Waals surface area (Å²) in [5.41, 5.74) is 0.0789. The smallest absolute Gasteiger partial charge is 0.333 e. The number of epoxide rings is 2. The lowest BCUT2D eigenvalue weighted by Crippen LogP contribution is -2.27. The van der Waals surface area contributed by atoms with Crippen LogP contribution in [0.3, 0.4) is 0 Å². The molecule has 0 aromatic carbocycles. The molecule has 0 radical (unpaired) electrons. The van der Waals surface area contributed by atoms with Gasteiger partial charge in [0, 0.05) is 5.57 Å². The third kappa shape index (κ3) is 7.56. The highest BCUT2D eigenvalue weighted by molar-refractivity contribution is 5.86. The molecule has 0 spiro atoms. The van der Waals surface area contributed by atoms with Gasteiger partial charge in [0.05, 0.1) is 18.6 Å². The molecule has 2 saturated heterocycles. The normalized spacial score (nSPS) is 22.0. The molecule has 0 aromatic rings. The van der Waals surface area contributed by atoms with Crippen molar-refractivity contribution < 1.29 is 28.5 Å². The van der Waals surface area contributed by atoms with Gasteiger partial charge in [0.25, 0.3) is 0 Å². The number of hydrogen-bond acceptors (Lipinski definition) is 6. The number of ether oxygens (including phenoxy) is 4. The summed E-state index contributed by atoms with van der Waals surface area (Å²) >= 11 is 0. The van der Waals surface area contributed by atoms with Crippen LogP contribution in [0.15, 0.2) is 12.2 Å². The van der Waals surface area contributed by atoms with Gasteiger partial charge in [-0.2, -0.15) is 0 Å². The van der Waals surface area contributed by atoms with Gasteiger partial charge in [0.15, 0.2) is 0 Å². The molecular weight excluding hydrogens is 288 g/mol. The van der Waals surface area contributed by atoms with Crippen LogP contribution in [0.4, 0.5) is 0 Å². The molecule has 0 amide bonds. The second-order valence-electron chi connectivity index (χ2n) is 6.13. The highest BCUT2D eigenvalue weighted by atomic mass is 16.6. The van der Waals surface area contributed by atoms with Crippen LogP contribution >= 0.6 is 0 Å². The summed E-state index contributed by atoms with van der Waals surface area (Å²) in [6.45, 7) is 13.1. The molecule has 2 heterocycles. The van der Waals surface area contributed by atoms with Crippen molar-refractivity contribution in [1.29, 1.82) is 0 Å². The van der Waals surface area contributed by atoms with E-state index in [0.29, 0.717) is 25.4 Å². The van der Waals surface area contributed by atoms with Crippen molar-refractivity contribution in [2.24, 2.45) is 5.41 Å². The molecule has 0 N–H and O–H groups in total. The molecule has 6 heteroatoms. The standard InChI is InChI=1S/C9H16O3.C7H10O3/c1-4-9(2,3)8(10)12-6-7-5-11-7;1-5(2)7(8)10-4-6-3-9-6/h7H,4-6H2,1-3H3;6H,1,3-4H2,2H3. The summed E-state index contributed by atoms with van der Waals surface area (Å²) in [5, 5.41) is 0. The molecule has 0 bridgehead atoms. The molecule has 22 heavy (non-hydrogen) atoms. The Labute approximate surface area is 131 Å². The van der Waals surface area contributed by atoms with E-state index in [9.17, 15) is 9.59 Å². The first kappa shape index (κ1) is 18.6. The Hall–Kier alpha value is -1.40. The van der Waals surface area contributed by atoms with Gasteiger partial charge in [-0.05, 0) is 27.2 Å². The van der Waals surface area contributed by atoms with Crippen molar-refractivity contribution in [3.8, 4) is 0 Å². The van der Waals surface area contributed by atoms with Crippen molar-refractivity contribution in [1.82, 2.24) is 0 Å². The van der Waals surface area contributed by atoms with Crippen LogP contribution in [0.25, 0.3) is 0 Å². The monoisotopic (exact) mass is 314 g/mol. The van der Waals surface area contributed by atoms with E-state index in [1.807, 2.05) is 20.8 Å². The Balaban J connectivity index is 0.000000224. The molecule has 0 saturated carbocycles. The van der Waals surface area contributed by atoms with E-state index in [1.54, 1.807) is 6.92 Å². The summed E-state index contributed by atoms with van der Waals surface area (Å²) < 4.78 is 19.6. The van der Waals surface area contributed by atoms with Crippen molar-refractivity contribution in [3.05, 3.63) is 12.2 Å². The van der Waals surface area contributed by atoms with E-state index in [-0.39, 0.29) is 29.6 Å². The zero-order valence-electron chi connectivity index (χ0n) is 13.8. The van der Waals surface area contributed by atoms with Gasteiger partial charge in [-0.3, -0.25) is 4.79 Å². The molecule has 6 nitrogen and oxygen atoms in total. The number of hydrogen-bond donors (Lipinski definition) is 0. The summed E-state index contributed by atoms with van der Waals surface area (Å²) in [4.78, 5) is 22.0. The minimum Gasteiger partial charge on any atom is -0.462 e. The second-order valence-corrected chi connectivity index (χ2v) is 6.13. The molecule has 126 valence electrons. The number of esters is 2. The fourth-order valence-corrected chi connectivity index (χ4v) is 1.13. The van der Waals surface area contributed by atoms with Gasteiger partial charge in [0.1, 0.15) is 25.4 Å². The van der Waals surface area contributed by atoms with Gasteiger partial charge in [-0.1, -0.05) is 13.5 Å². The van der Waals surface area contributed by atoms with E-state index in [1.165, 1.54) is 0 Å². The predicted molar refractivity (Wildman–Crippen MR) is 80.3 cm³/mol. The van der Waals surface area contributed by atoms with Gasteiger partial charge < -0.3 is 18.9 Å². The first-order valence-electron chi connectivity index (χ1n) is 7.49. The minimum atomic E-state index is -0.352. The zero-order chi connectivity index (χ0) is 16.8. The minimum absolute atomic E-state index is 0.125. The topological polar surface area (TPSA) is 77.7 Å². The second kappa shape index (κ2) is 8.29. The van der Waals surface area contributed by atoms with Gasteiger partial charge in [-0.15, -0.1) is 0 Å². The van der Waals surface area contributed by atoms with Crippen molar-refractivity contribution >= 4 is 11.9 Å². The maximum Gasteiger partial charge on any atom is 0.333 e. The molecule has 2 rings (SSSR count). The van der Waals surface area contributed by atoms with Crippen molar-refractivity contribution in [2.75, 3.05) is 26.4 Å². The Morgan fingerprint density at radius 2 is 1.59 bits per heavy atom. The molecule has 2 aliphatic rings. The van der Waals surface area contributed by atoms with E-state index >= 15 is 0 Å². The van der Waals surface area contributed by atoms with E-state index < -0.39 is 0 Å². The highest BCUT2D eigenvalue weighted by Crippen LogP contribution is 2.22. The highest BCUT2D eigenvalue weighted by Gasteiger charge is 2.30. The lowest BCUT2D eigenvalue weighted by molar-refractivity contribution is -0.154. The third-order valence-electron chi connectivity index (χ3n) is 3.39. The first-order chi connectivity index (χ1) is 10.3. The maximum absolute atomic E-state index is 11.4. The van der Waals surface area contributed by atoms with Gasteiger partial charge in [-0.25, -0.2) is 4.79 Å². The van der Waals surface area contributed by atoms with E-state index in [2.05, 4.69) is 6.58 Å². The Kier molecular flexibility index (Phi) is 7.03. The SMILES string of the molecule is C=C(C)C(=O)OCC1CO1.CCC(C)(C)C(=O)OCC1CO1. The van der Waals surface area contributed by atoms with Crippen LogP contribution in [0.2, 0.25) is 0 Å². The number of carbonyl (C=O) groups excluding carboxylic acids is 2. The maximum atomic E-state index is 11.4. The lowest BCUT2D eigenvalue weighted by Gasteiger charge is -2.19. The fourth-order valence-electron chi connectivity index (χ4n) is 1.13. The Bertz CT molecular complexity index is 407. The van der Waals surface area contributed by atoms with Crippen LogP contribution in [0.1, 0.15) is 34.1 Å². The van der Waals surface area contributed by atoms with Gasteiger partial charge in [0.2, 0.25) is 0 Å². The van der Waals surface area contributed by atoms with Crippen LogP contribution in [-0.2, 0) is 28.5 Å². The van der Waals surface area contributed by atoms with Crippen LogP contribution in [0, 0.1) is 5.41 Å². The van der Waals surface area contributed by atoms with Crippen LogP contribution in [0.5, 0.6) is 0 Å². The largest absolute Gasteiger partial charge is 0.462 e. The summed E-state index contributed by atoms with van der Waals surface area (Å²) in [6.07, 6.45) is 1.11. The quantitative estimate of drug-likeness (QED) is 0.405. The summed E-state index contributed by atoms with van der Waals surface area (Å²) in [5.74, 6) is -0.462. The summed E-state index contributed by atoms with van der Waals surface area (Å²) in [7, 11) is 0. The van der Waals surface area contributed by atoms with E-state index in [0.717, 1.165) is 13.0 Å². The van der Waals surface area contributed by atoms with E-state index in [4.69, 9.17) is 18.9 Å². The average Bonchev–Trinajstić information content (AvgIpc) is 3.37. The predicted octanol–water partition coefficient (Wildman–Crippen LogP) is 1.87. The van der Waals surface area contributed by atoms with Crippen molar-refractivity contribution in [2.45, 2.75) is 46.3 Å². The molecule has 0 aromatic heterocycles. The average molecular weight is 314 g/mol. The van der Waals surface area contributed by atoms with Crippen LogP contribution in [-0.4, -0.2) is 50.6 Å².